The third-order valence-electron chi connectivity index (χ3n) is 1.68. The van der Waals surface area contributed by atoms with Gasteiger partial charge in [0.1, 0.15) is 5.28 Å². The maximum absolute atomic E-state index is 11.0. The second kappa shape index (κ2) is 8.84. The average Bonchev–Trinajstić information content (AvgIpc) is 2.47. The minimum Gasteiger partial charge on any atom is -0.454 e. The molecule has 0 saturated carbocycles. The lowest BCUT2D eigenvalue weighted by atomic mass is 10.3. The van der Waals surface area contributed by atoms with Crippen molar-refractivity contribution in [1.29, 1.82) is 5.26 Å². The van der Waals surface area contributed by atoms with Gasteiger partial charge in [0.15, 0.2) is 13.2 Å². The Balaban J connectivity index is 5.00. The average molecular weight is 282 g/mol. The molecule has 0 aromatic heterocycles. The Bertz CT molecular complexity index is 453. The van der Waals surface area contributed by atoms with E-state index in [1.165, 1.54) is 6.26 Å². The number of carbonyl (C=O) groups excluding carboxylic acids is 2. The van der Waals surface area contributed by atoms with E-state index < -0.39 is 30.9 Å². The summed E-state index contributed by atoms with van der Waals surface area (Å²) in [5.41, 5.74) is 8.19. The van der Waals surface area contributed by atoms with E-state index in [9.17, 15) is 9.59 Å². The first-order valence-electron chi connectivity index (χ1n) is 4.91. The molecule has 0 N–H and O–H groups in total. The fourth-order valence-electron chi connectivity index (χ4n) is 0.828. The predicted octanol–water partition coefficient (Wildman–Crippen LogP) is 0.881. The number of ether oxygens (including phenoxy) is 3. The highest BCUT2D eigenvalue weighted by atomic mass is 16.8. The Morgan fingerprint density at radius 1 is 1.30 bits per heavy atom. The third-order valence-corrected chi connectivity index (χ3v) is 1.68. The van der Waals surface area contributed by atoms with Gasteiger partial charge in [-0.1, -0.05) is 13.2 Å². The van der Waals surface area contributed by atoms with Crippen molar-refractivity contribution in [2.45, 2.75) is 5.79 Å². The van der Waals surface area contributed by atoms with E-state index in [1.54, 1.807) is 0 Å². The van der Waals surface area contributed by atoms with Crippen molar-refractivity contribution in [1.82, 2.24) is 0 Å². The maximum Gasteiger partial charge on any atom is 0.338 e. The molecular weight excluding hydrogens is 272 g/mol. The number of nitriles is 1. The molecule has 106 valence electrons. The molecule has 0 rings (SSSR count). The molecule has 0 fully saturated rings. The first-order chi connectivity index (χ1) is 9.53. The van der Waals surface area contributed by atoms with Crippen molar-refractivity contribution in [2.24, 2.45) is 5.28 Å². The van der Waals surface area contributed by atoms with E-state index in [0.717, 1.165) is 12.2 Å². The SMILES string of the molecule is C=CC(=O)OCC(COC(=O)C=C)(OC#N)ON=[N+]=[N-]. The number of nitrogens with zero attached hydrogens (tertiary/aromatic N) is 4. The van der Waals surface area contributed by atoms with Gasteiger partial charge in [0.25, 0.3) is 6.26 Å². The van der Waals surface area contributed by atoms with E-state index in [2.05, 4.69) is 42.4 Å². The normalized spacial score (nSPS) is 9.15. The Labute approximate surface area is 113 Å². The van der Waals surface area contributed by atoms with E-state index in [1.807, 2.05) is 0 Å². The smallest absolute Gasteiger partial charge is 0.338 e. The van der Waals surface area contributed by atoms with Crippen LogP contribution in [0.15, 0.2) is 30.6 Å². The zero-order chi connectivity index (χ0) is 15.4. The molecule has 10 heteroatoms. The molecular formula is C10H10N4O6. The molecule has 0 atom stereocenters. The van der Waals surface area contributed by atoms with Crippen LogP contribution in [0.1, 0.15) is 0 Å². The zero-order valence-electron chi connectivity index (χ0n) is 10.2. The molecule has 0 aliphatic heterocycles. The molecule has 0 heterocycles. The monoisotopic (exact) mass is 282 g/mol. The first kappa shape index (κ1) is 16.8. The summed E-state index contributed by atoms with van der Waals surface area (Å²) in [5, 5.41) is 11.3. The summed E-state index contributed by atoms with van der Waals surface area (Å²) in [6.45, 7) is 4.94. The van der Waals surface area contributed by atoms with Gasteiger partial charge in [-0.2, -0.15) is 5.26 Å². The van der Waals surface area contributed by atoms with Crippen LogP contribution in [0.3, 0.4) is 0 Å². The van der Waals surface area contributed by atoms with Crippen molar-refractivity contribution >= 4 is 11.9 Å². The minimum atomic E-state index is -2.10. The Kier molecular flexibility index (Phi) is 7.44. The number of hydrogen-bond acceptors (Lipinski definition) is 8. The summed E-state index contributed by atoms with van der Waals surface area (Å²) in [4.78, 5) is 28.8. The van der Waals surface area contributed by atoms with Gasteiger partial charge in [-0.3, -0.25) is 0 Å². The molecule has 0 bridgehead atoms. The highest BCUT2D eigenvalue weighted by Gasteiger charge is 2.39. The van der Waals surface area contributed by atoms with Crippen LogP contribution in [0.25, 0.3) is 10.4 Å². The van der Waals surface area contributed by atoms with Gasteiger partial charge < -0.3 is 19.0 Å². The van der Waals surface area contributed by atoms with E-state index in [-0.39, 0.29) is 0 Å². The standard InChI is InChI=1S/C10H10N4O6/c1-3-8(15)17-5-10(19-7-11,20-14-13-12)6-18-9(16)4-2/h3-4H,1-2,5-6H2. The second-order valence-electron chi connectivity index (χ2n) is 2.99. The topological polar surface area (TPSA) is 144 Å². The van der Waals surface area contributed by atoms with Crippen LogP contribution in [-0.2, 0) is 28.6 Å². The van der Waals surface area contributed by atoms with E-state index in [4.69, 9.17) is 10.8 Å². The number of rotatable bonds is 9. The van der Waals surface area contributed by atoms with Crippen molar-refractivity contribution < 1.29 is 28.6 Å². The Morgan fingerprint density at radius 3 is 2.15 bits per heavy atom. The largest absolute Gasteiger partial charge is 0.454 e. The van der Waals surface area contributed by atoms with Crippen molar-refractivity contribution in [3.8, 4) is 6.26 Å². The summed E-state index contributed by atoms with van der Waals surface area (Å²) in [6, 6.07) is 0. The molecule has 0 saturated heterocycles. The zero-order valence-corrected chi connectivity index (χ0v) is 10.2. The van der Waals surface area contributed by atoms with Crippen LogP contribution in [-0.4, -0.2) is 30.9 Å². The van der Waals surface area contributed by atoms with Crippen LogP contribution in [0.4, 0.5) is 0 Å². The van der Waals surface area contributed by atoms with Crippen LogP contribution in [0.5, 0.6) is 0 Å². The fourth-order valence-corrected chi connectivity index (χ4v) is 0.828. The molecule has 0 aliphatic carbocycles. The van der Waals surface area contributed by atoms with Gasteiger partial charge in [-0.25, -0.2) is 9.59 Å². The Hall–Kier alpha value is -3.18. The van der Waals surface area contributed by atoms with Crippen LogP contribution in [0, 0.1) is 11.5 Å². The van der Waals surface area contributed by atoms with Crippen LogP contribution < -0.4 is 0 Å². The predicted molar refractivity (Wildman–Crippen MR) is 62.0 cm³/mol. The minimum absolute atomic E-state index is 0.686. The molecule has 10 nitrogen and oxygen atoms in total. The lowest BCUT2D eigenvalue weighted by Gasteiger charge is -2.26. The maximum atomic E-state index is 11.0. The first-order valence-corrected chi connectivity index (χ1v) is 4.91. The third kappa shape index (κ3) is 5.95. The summed E-state index contributed by atoms with van der Waals surface area (Å²) < 4.78 is 13.7. The molecule has 0 aromatic rings. The van der Waals surface area contributed by atoms with Gasteiger partial charge in [0.05, 0.1) is 0 Å². The van der Waals surface area contributed by atoms with E-state index >= 15 is 0 Å². The second-order valence-corrected chi connectivity index (χ2v) is 2.99. The number of hydrogen-bond donors (Lipinski definition) is 0. The molecule has 0 spiro atoms. The van der Waals surface area contributed by atoms with Gasteiger partial charge in [0, 0.05) is 17.1 Å². The molecule has 0 aliphatic rings. The summed E-state index contributed by atoms with van der Waals surface area (Å²) in [7, 11) is 0. The molecule has 0 unspecified atom stereocenters. The van der Waals surface area contributed by atoms with Crippen LogP contribution >= 0.6 is 0 Å². The van der Waals surface area contributed by atoms with Crippen molar-refractivity contribution in [3.63, 3.8) is 0 Å². The molecule has 0 aromatic carbocycles. The number of carbonyl (C=O) groups is 2. The van der Waals surface area contributed by atoms with Crippen LogP contribution in [0.2, 0.25) is 0 Å². The van der Waals surface area contributed by atoms with Gasteiger partial charge in [-0.05, 0) is 5.53 Å². The van der Waals surface area contributed by atoms with Gasteiger partial charge >= 0.3 is 17.7 Å². The summed E-state index contributed by atoms with van der Waals surface area (Å²) >= 11 is 0. The lowest BCUT2D eigenvalue weighted by molar-refractivity contribution is -0.250. The summed E-state index contributed by atoms with van der Waals surface area (Å²) in [6.07, 6.45) is 2.95. The quantitative estimate of drug-likeness (QED) is 0.0891. The number of azide groups is 1. The summed E-state index contributed by atoms with van der Waals surface area (Å²) in [5.74, 6) is -3.80. The van der Waals surface area contributed by atoms with Crippen molar-refractivity contribution in [3.05, 3.63) is 35.8 Å². The fraction of sp³-hybridized carbons (Fsp3) is 0.300. The molecule has 20 heavy (non-hydrogen) atoms. The van der Waals surface area contributed by atoms with Gasteiger partial charge in [0.2, 0.25) is 0 Å². The van der Waals surface area contributed by atoms with Gasteiger partial charge in [-0.15, -0.1) is 0 Å². The Morgan fingerprint density at radius 2 is 1.80 bits per heavy atom. The number of esters is 2. The highest BCUT2D eigenvalue weighted by Crippen LogP contribution is 2.16. The molecule has 0 amide bonds. The van der Waals surface area contributed by atoms with Crippen molar-refractivity contribution in [2.75, 3.05) is 13.2 Å². The highest BCUT2D eigenvalue weighted by molar-refractivity contribution is 5.81. The molecule has 0 radical (unpaired) electrons. The van der Waals surface area contributed by atoms with E-state index in [0.29, 0.717) is 0 Å². The lowest BCUT2D eigenvalue weighted by Crippen LogP contribution is -2.44.